The van der Waals surface area contributed by atoms with Gasteiger partial charge in [0.2, 0.25) is 5.91 Å². The zero-order valence-corrected chi connectivity index (χ0v) is 15.7. The van der Waals surface area contributed by atoms with Crippen LogP contribution in [0, 0.1) is 0 Å². The lowest BCUT2D eigenvalue weighted by molar-refractivity contribution is -0.133. The van der Waals surface area contributed by atoms with E-state index in [4.69, 9.17) is 9.15 Å². The number of hydrogen-bond donors (Lipinski definition) is 0. The van der Waals surface area contributed by atoms with Gasteiger partial charge in [-0.15, -0.1) is 0 Å². The number of rotatable bonds is 7. The molecule has 1 aromatic heterocycles. The van der Waals surface area contributed by atoms with E-state index < -0.39 is 0 Å². The fraction of sp³-hybridized carbons (Fsp3) is 0.476. The number of aryl methyl sites for hydroxylation is 1. The predicted octanol–water partition coefficient (Wildman–Crippen LogP) is 3.34. The molecule has 1 aliphatic heterocycles. The van der Waals surface area contributed by atoms with Crippen LogP contribution in [0.25, 0.3) is 0 Å². The Morgan fingerprint density at radius 1 is 1.12 bits per heavy atom. The highest BCUT2D eigenvalue weighted by molar-refractivity contribution is 5.76. The second-order valence-corrected chi connectivity index (χ2v) is 7.01. The first-order valence-electron chi connectivity index (χ1n) is 9.39. The monoisotopic (exact) mass is 356 g/mol. The Morgan fingerprint density at radius 3 is 2.58 bits per heavy atom. The minimum absolute atomic E-state index is 0.166. The van der Waals surface area contributed by atoms with Gasteiger partial charge in [-0.25, -0.2) is 0 Å². The maximum atomic E-state index is 12.4. The summed E-state index contributed by atoms with van der Waals surface area (Å²) in [6.45, 7) is 8.30. The predicted molar refractivity (Wildman–Crippen MR) is 101 cm³/mol. The highest BCUT2D eigenvalue weighted by Gasteiger charge is 2.22. The molecule has 140 valence electrons. The third kappa shape index (κ3) is 5.11. The number of carbonyl (C=O) groups is 1. The standard InChI is InChI=1S/C21H28N2O3/c1-17(2)26-20-8-4-3-6-18(20)16-22-11-13-23(14-12-22)21(24)10-9-19-7-5-15-25-19/h3-8,15,17H,9-14,16H2,1-2H3. The van der Waals surface area contributed by atoms with E-state index in [2.05, 4.69) is 17.0 Å². The fourth-order valence-electron chi connectivity index (χ4n) is 3.24. The molecule has 2 heterocycles. The first-order valence-corrected chi connectivity index (χ1v) is 9.39. The largest absolute Gasteiger partial charge is 0.491 e. The van der Waals surface area contributed by atoms with Gasteiger partial charge in [-0.05, 0) is 32.0 Å². The van der Waals surface area contributed by atoms with E-state index >= 15 is 0 Å². The molecule has 0 spiro atoms. The molecule has 5 heteroatoms. The molecule has 1 amide bonds. The van der Waals surface area contributed by atoms with Crippen LogP contribution in [-0.2, 0) is 17.8 Å². The normalized spacial score (nSPS) is 15.4. The lowest BCUT2D eigenvalue weighted by atomic mass is 10.1. The minimum Gasteiger partial charge on any atom is -0.491 e. The zero-order valence-electron chi connectivity index (χ0n) is 15.7. The van der Waals surface area contributed by atoms with Crippen LogP contribution < -0.4 is 4.74 Å². The molecule has 1 saturated heterocycles. The molecule has 1 aliphatic rings. The van der Waals surface area contributed by atoms with Crippen LogP contribution in [0.1, 0.15) is 31.6 Å². The second kappa shape index (κ2) is 8.90. The number of nitrogens with zero attached hydrogens (tertiary/aromatic N) is 2. The Labute approximate surface area is 155 Å². The molecule has 1 aromatic carbocycles. The van der Waals surface area contributed by atoms with Gasteiger partial charge in [0.25, 0.3) is 0 Å². The zero-order chi connectivity index (χ0) is 18.4. The third-order valence-corrected chi connectivity index (χ3v) is 4.62. The van der Waals surface area contributed by atoms with Crippen molar-refractivity contribution in [2.45, 2.75) is 39.3 Å². The number of piperazine rings is 1. The summed E-state index contributed by atoms with van der Waals surface area (Å²) < 4.78 is 11.2. The quantitative estimate of drug-likeness (QED) is 0.763. The van der Waals surface area contributed by atoms with Gasteiger partial charge in [0.1, 0.15) is 11.5 Å². The maximum Gasteiger partial charge on any atom is 0.223 e. The molecule has 0 aliphatic carbocycles. The molecule has 26 heavy (non-hydrogen) atoms. The molecule has 0 atom stereocenters. The van der Waals surface area contributed by atoms with Crippen LogP contribution in [-0.4, -0.2) is 48.0 Å². The highest BCUT2D eigenvalue weighted by atomic mass is 16.5. The molecule has 2 aromatic rings. The Hall–Kier alpha value is -2.27. The van der Waals surface area contributed by atoms with Crippen LogP contribution in [0.5, 0.6) is 5.75 Å². The average molecular weight is 356 g/mol. The van der Waals surface area contributed by atoms with E-state index in [1.54, 1.807) is 6.26 Å². The van der Waals surface area contributed by atoms with Crippen molar-refractivity contribution in [1.29, 1.82) is 0 Å². The van der Waals surface area contributed by atoms with Gasteiger partial charge in [-0.3, -0.25) is 9.69 Å². The van der Waals surface area contributed by atoms with E-state index in [1.807, 2.05) is 43.0 Å². The molecular formula is C21H28N2O3. The van der Waals surface area contributed by atoms with Crippen molar-refractivity contribution in [1.82, 2.24) is 9.80 Å². The van der Waals surface area contributed by atoms with Crippen molar-refractivity contribution in [2.24, 2.45) is 0 Å². The molecule has 0 unspecified atom stereocenters. The number of ether oxygens (including phenoxy) is 1. The molecule has 1 fully saturated rings. The first kappa shape index (κ1) is 18.5. The van der Waals surface area contributed by atoms with Crippen molar-refractivity contribution in [2.75, 3.05) is 26.2 Å². The van der Waals surface area contributed by atoms with E-state index in [0.29, 0.717) is 12.8 Å². The first-order chi connectivity index (χ1) is 12.6. The summed E-state index contributed by atoms with van der Waals surface area (Å²) in [5.74, 6) is 2.04. The van der Waals surface area contributed by atoms with Crippen LogP contribution in [0.4, 0.5) is 0 Å². The maximum absolute atomic E-state index is 12.4. The number of amides is 1. The fourth-order valence-corrected chi connectivity index (χ4v) is 3.24. The molecule has 0 bridgehead atoms. The minimum atomic E-state index is 0.166. The van der Waals surface area contributed by atoms with E-state index in [-0.39, 0.29) is 12.0 Å². The lowest BCUT2D eigenvalue weighted by Gasteiger charge is -2.35. The average Bonchev–Trinajstić information content (AvgIpc) is 3.15. The van der Waals surface area contributed by atoms with Gasteiger partial charge < -0.3 is 14.1 Å². The van der Waals surface area contributed by atoms with E-state index in [0.717, 1.165) is 44.2 Å². The summed E-state index contributed by atoms with van der Waals surface area (Å²) in [4.78, 5) is 16.7. The Morgan fingerprint density at radius 2 is 1.88 bits per heavy atom. The van der Waals surface area contributed by atoms with E-state index in [1.165, 1.54) is 5.56 Å². The molecule has 0 saturated carbocycles. The topological polar surface area (TPSA) is 45.9 Å². The summed E-state index contributed by atoms with van der Waals surface area (Å²) in [6.07, 6.45) is 3.00. The molecule has 0 radical (unpaired) electrons. The Kier molecular flexibility index (Phi) is 6.34. The number of para-hydroxylation sites is 1. The highest BCUT2D eigenvalue weighted by Crippen LogP contribution is 2.22. The second-order valence-electron chi connectivity index (χ2n) is 7.01. The van der Waals surface area contributed by atoms with Crippen LogP contribution >= 0.6 is 0 Å². The third-order valence-electron chi connectivity index (χ3n) is 4.62. The van der Waals surface area contributed by atoms with Crippen molar-refractivity contribution in [3.05, 3.63) is 54.0 Å². The van der Waals surface area contributed by atoms with Gasteiger partial charge in [0.05, 0.1) is 12.4 Å². The molecule has 5 nitrogen and oxygen atoms in total. The van der Waals surface area contributed by atoms with Gasteiger partial charge in [-0.2, -0.15) is 0 Å². The number of furan rings is 1. The summed E-state index contributed by atoms with van der Waals surface area (Å²) >= 11 is 0. The van der Waals surface area contributed by atoms with E-state index in [9.17, 15) is 4.79 Å². The summed E-state index contributed by atoms with van der Waals surface area (Å²) in [7, 11) is 0. The smallest absolute Gasteiger partial charge is 0.223 e. The van der Waals surface area contributed by atoms with Crippen molar-refractivity contribution in [3.8, 4) is 5.75 Å². The van der Waals surface area contributed by atoms with Crippen molar-refractivity contribution < 1.29 is 13.9 Å². The Balaban J connectivity index is 1.47. The van der Waals surface area contributed by atoms with Crippen molar-refractivity contribution in [3.63, 3.8) is 0 Å². The van der Waals surface area contributed by atoms with Gasteiger partial charge in [0.15, 0.2) is 0 Å². The number of benzene rings is 1. The van der Waals surface area contributed by atoms with Gasteiger partial charge in [0, 0.05) is 51.1 Å². The van der Waals surface area contributed by atoms with Crippen LogP contribution in [0.3, 0.4) is 0 Å². The molecule has 0 N–H and O–H groups in total. The Bertz CT molecular complexity index is 689. The summed E-state index contributed by atoms with van der Waals surface area (Å²) in [6, 6.07) is 12.0. The SMILES string of the molecule is CC(C)Oc1ccccc1CN1CCN(C(=O)CCc2ccco2)CC1. The van der Waals surface area contributed by atoms with Crippen molar-refractivity contribution >= 4 is 5.91 Å². The summed E-state index contributed by atoms with van der Waals surface area (Å²) in [5, 5.41) is 0. The molecular weight excluding hydrogens is 328 g/mol. The number of hydrogen-bond acceptors (Lipinski definition) is 4. The molecule has 3 rings (SSSR count). The lowest BCUT2D eigenvalue weighted by Crippen LogP contribution is -2.48. The van der Waals surface area contributed by atoms with Gasteiger partial charge in [-0.1, -0.05) is 18.2 Å². The van der Waals surface area contributed by atoms with Gasteiger partial charge >= 0.3 is 0 Å². The van der Waals surface area contributed by atoms with Crippen LogP contribution in [0.15, 0.2) is 47.1 Å². The number of carbonyl (C=O) groups excluding carboxylic acids is 1. The summed E-state index contributed by atoms with van der Waals surface area (Å²) in [5.41, 5.74) is 1.21. The van der Waals surface area contributed by atoms with Crippen LogP contribution in [0.2, 0.25) is 0 Å².